The lowest BCUT2D eigenvalue weighted by atomic mass is 9.70. The van der Waals surface area contributed by atoms with E-state index in [1.165, 1.54) is 63.4 Å². The summed E-state index contributed by atoms with van der Waals surface area (Å²) in [5.41, 5.74) is 1.53. The summed E-state index contributed by atoms with van der Waals surface area (Å²) in [6, 6.07) is 8.93. The highest BCUT2D eigenvalue weighted by Crippen LogP contribution is 2.43. The molecule has 0 saturated heterocycles. The minimum Gasteiger partial charge on any atom is -0.494 e. The second-order valence-electron chi connectivity index (χ2n) is 7.43. The highest BCUT2D eigenvalue weighted by atomic mass is 16.5. The number of ether oxygens (including phenoxy) is 1. The molecule has 0 heterocycles. The van der Waals surface area contributed by atoms with Crippen molar-refractivity contribution in [2.45, 2.75) is 77.0 Å². The summed E-state index contributed by atoms with van der Waals surface area (Å²) in [7, 11) is 0. The molecular formula is C21H32O. The van der Waals surface area contributed by atoms with E-state index in [0.717, 1.165) is 36.5 Å². The van der Waals surface area contributed by atoms with Crippen molar-refractivity contribution >= 4 is 0 Å². The molecule has 0 spiro atoms. The second-order valence-corrected chi connectivity index (χ2v) is 7.43. The third-order valence-electron chi connectivity index (χ3n) is 5.91. The third kappa shape index (κ3) is 4.06. The monoisotopic (exact) mass is 300 g/mol. The van der Waals surface area contributed by atoms with E-state index < -0.39 is 0 Å². The number of rotatable bonds is 5. The second kappa shape index (κ2) is 8.04. The lowest BCUT2D eigenvalue weighted by Crippen LogP contribution is -2.23. The van der Waals surface area contributed by atoms with Crippen LogP contribution in [-0.2, 0) is 0 Å². The van der Waals surface area contributed by atoms with Crippen LogP contribution in [0.15, 0.2) is 24.3 Å². The summed E-state index contributed by atoms with van der Waals surface area (Å²) in [6.45, 7) is 2.98. The Bertz CT molecular complexity index is 422. The highest BCUT2D eigenvalue weighted by Gasteiger charge is 2.28. The molecule has 1 aromatic carbocycles. The molecule has 1 heteroatoms. The first-order chi connectivity index (χ1) is 10.9. The van der Waals surface area contributed by atoms with Gasteiger partial charge in [-0.2, -0.15) is 0 Å². The molecule has 2 aliphatic carbocycles. The van der Waals surface area contributed by atoms with Crippen molar-refractivity contribution in [2.24, 2.45) is 11.8 Å². The topological polar surface area (TPSA) is 9.23 Å². The van der Waals surface area contributed by atoms with E-state index in [1.807, 2.05) is 0 Å². The van der Waals surface area contributed by atoms with Crippen molar-refractivity contribution in [3.63, 3.8) is 0 Å². The van der Waals surface area contributed by atoms with Gasteiger partial charge < -0.3 is 4.74 Å². The van der Waals surface area contributed by atoms with Gasteiger partial charge in [0, 0.05) is 0 Å². The van der Waals surface area contributed by atoms with Crippen molar-refractivity contribution < 1.29 is 4.74 Å². The first kappa shape index (κ1) is 15.9. The Morgan fingerprint density at radius 3 is 2.09 bits per heavy atom. The molecule has 0 unspecified atom stereocenters. The molecule has 2 fully saturated rings. The smallest absolute Gasteiger partial charge is 0.119 e. The summed E-state index contributed by atoms with van der Waals surface area (Å²) in [5, 5.41) is 0. The molecular weight excluding hydrogens is 268 g/mol. The molecule has 1 aromatic rings. The summed E-state index contributed by atoms with van der Waals surface area (Å²) >= 11 is 0. The molecule has 0 amide bonds. The quantitative estimate of drug-likeness (QED) is 0.617. The van der Waals surface area contributed by atoms with Gasteiger partial charge in [-0.1, -0.05) is 51.2 Å². The third-order valence-corrected chi connectivity index (χ3v) is 5.91. The van der Waals surface area contributed by atoms with Gasteiger partial charge in [0.15, 0.2) is 0 Å². The van der Waals surface area contributed by atoms with E-state index in [0.29, 0.717) is 0 Å². The van der Waals surface area contributed by atoms with Crippen LogP contribution in [0, 0.1) is 11.8 Å². The maximum absolute atomic E-state index is 5.69. The molecule has 122 valence electrons. The van der Waals surface area contributed by atoms with Gasteiger partial charge in [0.1, 0.15) is 5.75 Å². The largest absolute Gasteiger partial charge is 0.494 e. The minimum atomic E-state index is 0.792. The Balaban J connectivity index is 1.50. The first-order valence-corrected chi connectivity index (χ1v) is 9.59. The first-order valence-electron chi connectivity index (χ1n) is 9.59. The van der Waals surface area contributed by atoms with Gasteiger partial charge in [-0.3, -0.25) is 0 Å². The van der Waals surface area contributed by atoms with Gasteiger partial charge in [-0.15, -0.1) is 0 Å². The Labute approximate surface area is 136 Å². The van der Waals surface area contributed by atoms with Crippen LogP contribution in [0.3, 0.4) is 0 Å². The zero-order valence-corrected chi connectivity index (χ0v) is 14.2. The normalized spacial score (nSPS) is 26.8. The van der Waals surface area contributed by atoms with Crippen LogP contribution in [-0.4, -0.2) is 6.61 Å². The van der Waals surface area contributed by atoms with Crippen LogP contribution in [0.1, 0.15) is 82.6 Å². The molecule has 22 heavy (non-hydrogen) atoms. The standard InChI is InChI=1S/C21H32O/c1-2-16-22-21-14-12-20(13-15-21)19-10-8-18(9-11-19)17-6-4-3-5-7-17/h12-15,17-19H,2-11,16H2,1H3/t18-,19-. The zero-order valence-electron chi connectivity index (χ0n) is 14.2. The van der Waals surface area contributed by atoms with Crippen LogP contribution in [0.2, 0.25) is 0 Å². The molecule has 2 saturated carbocycles. The Hall–Kier alpha value is -0.980. The fourth-order valence-electron chi connectivity index (χ4n) is 4.59. The average Bonchev–Trinajstić information content (AvgIpc) is 2.61. The average molecular weight is 300 g/mol. The summed E-state index contributed by atoms with van der Waals surface area (Å²) in [4.78, 5) is 0. The van der Waals surface area contributed by atoms with Crippen molar-refractivity contribution in [1.82, 2.24) is 0 Å². The van der Waals surface area contributed by atoms with Gasteiger partial charge >= 0.3 is 0 Å². The number of benzene rings is 1. The van der Waals surface area contributed by atoms with Gasteiger partial charge in [-0.25, -0.2) is 0 Å². The van der Waals surface area contributed by atoms with Gasteiger partial charge in [0.05, 0.1) is 6.61 Å². The molecule has 3 rings (SSSR count). The van der Waals surface area contributed by atoms with Crippen molar-refractivity contribution in [2.75, 3.05) is 6.61 Å². The van der Waals surface area contributed by atoms with Crippen LogP contribution in [0.25, 0.3) is 0 Å². The predicted molar refractivity (Wildman–Crippen MR) is 93.5 cm³/mol. The molecule has 2 aliphatic rings. The molecule has 0 radical (unpaired) electrons. The Morgan fingerprint density at radius 1 is 0.818 bits per heavy atom. The fraction of sp³-hybridized carbons (Fsp3) is 0.714. The van der Waals surface area contributed by atoms with E-state index in [2.05, 4.69) is 31.2 Å². The SMILES string of the molecule is CCCOc1ccc([C@H]2CC[C@H](C3CCCCC3)CC2)cc1. The summed E-state index contributed by atoms with van der Waals surface area (Å²) in [6.07, 6.45) is 14.3. The van der Waals surface area contributed by atoms with E-state index >= 15 is 0 Å². The predicted octanol–water partition coefficient (Wildman–Crippen LogP) is 6.33. The summed E-state index contributed by atoms with van der Waals surface area (Å²) < 4.78 is 5.69. The molecule has 0 aromatic heterocycles. The number of hydrogen-bond donors (Lipinski definition) is 0. The van der Waals surface area contributed by atoms with E-state index in [-0.39, 0.29) is 0 Å². The van der Waals surface area contributed by atoms with Crippen LogP contribution >= 0.6 is 0 Å². The highest BCUT2D eigenvalue weighted by molar-refractivity contribution is 5.29. The van der Waals surface area contributed by atoms with E-state index in [9.17, 15) is 0 Å². The summed E-state index contributed by atoms with van der Waals surface area (Å²) in [5.74, 6) is 3.91. The maximum atomic E-state index is 5.69. The van der Waals surface area contributed by atoms with Gasteiger partial charge in [0.2, 0.25) is 0 Å². The Kier molecular flexibility index (Phi) is 5.81. The molecule has 0 N–H and O–H groups in total. The van der Waals surface area contributed by atoms with E-state index in [1.54, 1.807) is 0 Å². The van der Waals surface area contributed by atoms with Crippen LogP contribution < -0.4 is 4.74 Å². The van der Waals surface area contributed by atoms with Crippen molar-refractivity contribution in [3.05, 3.63) is 29.8 Å². The fourth-order valence-corrected chi connectivity index (χ4v) is 4.59. The van der Waals surface area contributed by atoms with E-state index in [4.69, 9.17) is 4.74 Å². The lowest BCUT2D eigenvalue weighted by molar-refractivity contribution is 0.186. The van der Waals surface area contributed by atoms with Crippen LogP contribution in [0.5, 0.6) is 5.75 Å². The molecule has 0 atom stereocenters. The molecule has 0 bridgehead atoms. The Morgan fingerprint density at radius 2 is 1.45 bits per heavy atom. The maximum Gasteiger partial charge on any atom is 0.119 e. The van der Waals surface area contributed by atoms with Gasteiger partial charge in [0.25, 0.3) is 0 Å². The van der Waals surface area contributed by atoms with Crippen molar-refractivity contribution in [3.8, 4) is 5.75 Å². The number of hydrogen-bond acceptors (Lipinski definition) is 1. The zero-order chi connectivity index (χ0) is 15.2. The van der Waals surface area contributed by atoms with Gasteiger partial charge in [-0.05, 0) is 67.6 Å². The molecule has 0 aliphatic heterocycles. The van der Waals surface area contributed by atoms with Crippen molar-refractivity contribution in [1.29, 1.82) is 0 Å². The lowest BCUT2D eigenvalue weighted by Gasteiger charge is -2.36. The van der Waals surface area contributed by atoms with Crippen LogP contribution in [0.4, 0.5) is 0 Å². The molecule has 1 nitrogen and oxygen atoms in total. The minimum absolute atomic E-state index is 0.792.